The summed E-state index contributed by atoms with van der Waals surface area (Å²) in [6.45, 7) is 0. The largest absolute Gasteiger partial charge is 0.481 e. The van der Waals surface area contributed by atoms with Gasteiger partial charge in [-0.25, -0.2) is 0 Å². The van der Waals surface area contributed by atoms with Crippen molar-refractivity contribution in [3.8, 4) is 0 Å². The molecule has 1 aliphatic carbocycles. The molecule has 0 aromatic heterocycles. The van der Waals surface area contributed by atoms with E-state index in [9.17, 15) is 20.1 Å². The van der Waals surface area contributed by atoms with Crippen LogP contribution in [0.3, 0.4) is 0 Å². The molecule has 1 fully saturated rings. The van der Waals surface area contributed by atoms with Crippen LogP contribution < -0.4 is 0 Å². The molecule has 0 radical (unpaired) electrons. The molecule has 0 spiro atoms. The lowest BCUT2D eigenvalue weighted by molar-refractivity contribution is -0.137. The van der Waals surface area contributed by atoms with Crippen molar-refractivity contribution in [1.82, 2.24) is 0 Å². The van der Waals surface area contributed by atoms with Crippen molar-refractivity contribution in [3.63, 3.8) is 0 Å². The SMILES string of the molecule is O=C(O)CCC/C=C/C[C@@H]1[C@@H](/C=C\[C@@H](O)Cc2ccccc2)[C@H](O)C[C@@H]1O. The molecule has 148 valence electrons. The third-order valence-electron chi connectivity index (χ3n) is 5.10. The highest BCUT2D eigenvalue weighted by molar-refractivity contribution is 5.66. The van der Waals surface area contributed by atoms with Crippen LogP contribution in [0.4, 0.5) is 0 Å². The van der Waals surface area contributed by atoms with E-state index in [2.05, 4.69) is 0 Å². The summed E-state index contributed by atoms with van der Waals surface area (Å²) < 4.78 is 0. The van der Waals surface area contributed by atoms with E-state index in [0.29, 0.717) is 32.1 Å². The predicted molar refractivity (Wildman–Crippen MR) is 104 cm³/mol. The van der Waals surface area contributed by atoms with Gasteiger partial charge >= 0.3 is 5.97 Å². The van der Waals surface area contributed by atoms with E-state index in [1.165, 1.54) is 0 Å². The molecule has 0 unspecified atom stereocenters. The van der Waals surface area contributed by atoms with Gasteiger partial charge in [0, 0.05) is 25.2 Å². The molecular formula is C22H30O5. The van der Waals surface area contributed by atoms with Gasteiger partial charge in [-0.1, -0.05) is 54.6 Å². The summed E-state index contributed by atoms with van der Waals surface area (Å²) >= 11 is 0. The fourth-order valence-corrected chi connectivity index (χ4v) is 3.63. The number of aliphatic carboxylic acids is 1. The van der Waals surface area contributed by atoms with Crippen molar-refractivity contribution in [2.75, 3.05) is 0 Å². The Hall–Kier alpha value is -1.95. The summed E-state index contributed by atoms with van der Waals surface area (Å²) in [7, 11) is 0. The number of carboxylic acid groups (broad SMARTS) is 1. The molecule has 27 heavy (non-hydrogen) atoms. The van der Waals surface area contributed by atoms with Crippen LogP contribution in [0.2, 0.25) is 0 Å². The fraction of sp³-hybridized carbons (Fsp3) is 0.500. The predicted octanol–water partition coefficient (Wildman–Crippen LogP) is 2.71. The number of unbranched alkanes of at least 4 members (excludes halogenated alkanes) is 1. The Balaban J connectivity index is 1.86. The van der Waals surface area contributed by atoms with Crippen LogP contribution in [0.5, 0.6) is 0 Å². The maximum atomic E-state index is 10.5. The Kier molecular flexibility index (Phi) is 8.72. The Bertz CT molecular complexity index is 625. The van der Waals surface area contributed by atoms with Gasteiger partial charge in [0.15, 0.2) is 0 Å². The minimum Gasteiger partial charge on any atom is -0.481 e. The fourth-order valence-electron chi connectivity index (χ4n) is 3.63. The van der Waals surface area contributed by atoms with Crippen molar-refractivity contribution in [2.45, 2.75) is 56.8 Å². The van der Waals surface area contributed by atoms with Gasteiger partial charge in [-0.2, -0.15) is 0 Å². The lowest BCUT2D eigenvalue weighted by Gasteiger charge is -2.19. The second-order valence-electron chi connectivity index (χ2n) is 7.25. The van der Waals surface area contributed by atoms with Crippen LogP contribution in [-0.4, -0.2) is 44.7 Å². The van der Waals surface area contributed by atoms with Gasteiger partial charge < -0.3 is 20.4 Å². The van der Waals surface area contributed by atoms with Crippen LogP contribution in [0, 0.1) is 11.8 Å². The van der Waals surface area contributed by atoms with E-state index in [1.54, 1.807) is 6.08 Å². The van der Waals surface area contributed by atoms with Gasteiger partial charge in [0.1, 0.15) is 0 Å². The van der Waals surface area contributed by atoms with Gasteiger partial charge in [0.25, 0.3) is 0 Å². The first-order valence-corrected chi connectivity index (χ1v) is 9.60. The number of carbonyl (C=O) groups is 1. The third-order valence-corrected chi connectivity index (χ3v) is 5.10. The lowest BCUT2D eigenvalue weighted by Crippen LogP contribution is -2.20. The van der Waals surface area contributed by atoms with Gasteiger partial charge in [-0.05, 0) is 30.7 Å². The van der Waals surface area contributed by atoms with Crippen LogP contribution >= 0.6 is 0 Å². The van der Waals surface area contributed by atoms with Gasteiger partial charge in [0.05, 0.1) is 18.3 Å². The molecule has 5 atom stereocenters. The molecular weight excluding hydrogens is 344 g/mol. The molecule has 2 rings (SSSR count). The number of aliphatic hydroxyl groups is 3. The van der Waals surface area contributed by atoms with Crippen LogP contribution in [-0.2, 0) is 11.2 Å². The maximum absolute atomic E-state index is 10.5. The molecule has 0 heterocycles. The summed E-state index contributed by atoms with van der Waals surface area (Å²) in [5.41, 5.74) is 1.04. The molecule has 5 nitrogen and oxygen atoms in total. The molecule has 0 bridgehead atoms. The van der Waals surface area contributed by atoms with E-state index in [1.807, 2.05) is 48.6 Å². The normalized spacial score (nSPS) is 26.8. The Labute approximate surface area is 160 Å². The Morgan fingerprint density at radius 3 is 2.59 bits per heavy atom. The lowest BCUT2D eigenvalue weighted by atomic mass is 9.89. The number of allylic oxidation sites excluding steroid dienone is 2. The zero-order valence-corrected chi connectivity index (χ0v) is 15.5. The average molecular weight is 374 g/mol. The average Bonchev–Trinajstić information content (AvgIpc) is 2.89. The second kappa shape index (κ2) is 11.0. The second-order valence-corrected chi connectivity index (χ2v) is 7.25. The van der Waals surface area contributed by atoms with Crippen LogP contribution in [0.15, 0.2) is 54.6 Å². The van der Waals surface area contributed by atoms with E-state index < -0.39 is 24.3 Å². The zero-order valence-electron chi connectivity index (χ0n) is 15.5. The monoisotopic (exact) mass is 374 g/mol. The first kappa shape index (κ1) is 21.4. The van der Waals surface area contributed by atoms with Gasteiger partial charge in [-0.3, -0.25) is 4.79 Å². The van der Waals surface area contributed by atoms with Gasteiger partial charge in [-0.15, -0.1) is 0 Å². The molecule has 0 aliphatic heterocycles. The van der Waals surface area contributed by atoms with Crippen LogP contribution in [0.25, 0.3) is 0 Å². The first-order chi connectivity index (χ1) is 13.0. The van der Waals surface area contributed by atoms with E-state index in [4.69, 9.17) is 5.11 Å². The highest BCUT2D eigenvalue weighted by Gasteiger charge is 2.39. The summed E-state index contributed by atoms with van der Waals surface area (Å²) in [5.74, 6) is -1.10. The summed E-state index contributed by atoms with van der Waals surface area (Å²) in [6.07, 6.45) is 8.50. The smallest absolute Gasteiger partial charge is 0.303 e. The number of benzene rings is 1. The van der Waals surface area contributed by atoms with Crippen molar-refractivity contribution >= 4 is 5.97 Å². The van der Waals surface area contributed by atoms with E-state index in [0.717, 1.165) is 5.56 Å². The molecule has 5 heteroatoms. The van der Waals surface area contributed by atoms with Crippen molar-refractivity contribution in [1.29, 1.82) is 0 Å². The van der Waals surface area contributed by atoms with Gasteiger partial charge in [0.2, 0.25) is 0 Å². The number of hydrogen-bond acceptors (Lipinski definition) is 4. The molecule has 1 saturated carbocycles. The maximum Gasteiger partial charge on any atom is 0.303 e. The third kappa shape index (κ3) is 7.29. The van der Waals surface area contributed by atoms with Crippen molar-refractivity contribution in [3.05, 3.63) is 60.2 Å². The quantitative estimate of drug-likeness (QED) is 0.373. The van der Waals surface area contributed by atoms with Crippen molar-refractivity contribution in [2.24, 2.45) is 11.8 Å². The standard InChI is InChI=1S/C22H30O5/c23-17(14-16-8-4-3-5-9-16)12-13-19-18(20(24)15-21(19)25)10-6-1-2-7-11-22(26)27/h1,3-6,8-9,12-13,17-21,23-25H,2,7,10-11,14-15H2,(H,26,27)/b6-1+,13-12-/t17-,18-,19-,20+,21-/m1/s1. The summed E-state index contributed by atoms with van der Waals surface area (Å²) in [4.78, 5) is 10.5. The topological polar surface area (TPSA) is 98.0 Å². The highest BCUT2D eigenvalue weighted by atomic mass is 16.4. The van der Waals surface area contributed by atoms with E-state index >= 15 is 0 Å². The summed E-state index contributed by atoms with van der Waals surface area (Å²) in [5, 5.41) is 39.3. The number of carboxylic acids is 1. The Morgan fingerprint density at radius 2 is 1.89 bits per heavy atom. The number of hydrogen-bond donors (Lipinski definition) is 4. The van der Waals surface area contributed by atoms with E-state index in [-0.39, 0.29) is 18.3 Å². The molecule has 4 N–H and O–H groups in total. The molecule has 1 aromatic carbocycles. The molecule has 1 aliphatic rings. The summed E-state index contributed by atoms with van der Waals surface area (Å²) in [6, 6.07) is 9.72. The minimum atomic E-state index is -0.794. The zero-order chi connectivity index (χ0) is 19.6. The Morgan fingerprint density at radius 1 is 1.15 bits per heavy atom. The first-order valence-electron chi connectivity index (χ1n) is 9.60. The number of aliphatic hydroxyl groups excluding tert-OH is 3. The van der Waals surface area contributed by atoms with Crippen molar-refractivity contribution < 1.29 is 25.2 Å². The highest BCUT2D eigenvalue weighted by Crippen LogP contribution is 2.36. The minimum absolute atomic E-state index is 0.101. The molecule has 0 amide bonds. The molecule has 1 aromatic rings. The van der Waals surface area contributed by atoms with Crippen LogP contribution in [0.1, 0.15) is 37.7 Å². The number of rotatable bonds is 10. The molecule has 0 saturated heterocycles.